The Morgan fingerprint density at radius 2 is 2.05 bits per heavy atom. The Kier molecular flexibility index (Phi) is 5.85. The zero-order valence-corrected chi connectivity index (χ0v) is 12.1. The molecule has 0 aliphatic carbocycles. The predicted octanol–water partition coefficient (Wildman–Crippen LogP) is 2.66. The standard InChI is InChI=1S/C15H20N2O3/c1-15(2,3)20-14(18)17-10-11-19-13-7-5-4-6-12(13)8-9-16/h4-7H,8,10-11H2,1-3H3,(H,17,18). The van der Waals surface area contributed by atoms with E-state index >= 15 is 0 Å². The molecule has 0 aliphatic heterocycles. The fourth-order valence-electron chi connectivity index (χ4n) is 1.50. The van der Waals surface area contributed by atoms with Gasteiger partial charge in [0.05, 0.1) is 19.0 Å². The highest BCUT2D eigenvalue weighted by Gasteiger charge is 2.15. The van der Waals surface area contributed by atoms with E-state index in [1.807, 2.05) is 18.2 Å². The van der Waals surface area contributed by atoms with Crippen LogP contribution in [0.4, 0.5) is 4.79 Å². The highest BCUT2D eigenvalue weighted by molar-refractivity contribution is 5.67. The third-order valence-electron chi connectivity index (χ3n) is 2.27. The number of nitrogens with zero attached hydrogens (tertiary/aromatic N) is 1. The maximum absolute atomic E-state index is 11.4. The summed E-state index contributed by atoms with van der Waals surface area (Å²) < 4.78 is 10.7. The minimum Gasteiger partial charge on any atom is -0.491 e. The predicted molar refractivity (Wildman–Crippen MR) is 75.5 cm³/mol. The SMILES string of the molecule is CC(C)(C)OC(=O)NCCOc1ccccc1CC#N. The normalized spacial score (nSPS) is 10.5. The topological polar surface area (TPSA) is 71.3 Å². The van der Waals surface area contributed by atoms with Crippen molar-refractivity contribution in [1.82, 2.24) is 5.32 Å². The van der Waals surface area contributed by atoms with Crippen LogP contribution >= 0.6 is 0 Å². The molecule has 1 rings (SSSR count). The van der Waals surface area contributed by atoms with E-state index in [-0.39, 0.29) is 0 Å². The van der Waals surface area contributed by atoms with E-state index in [0.29, 0.717) is 25.3 Å². The smallest absolute Gasteiger partial charge is 0.407 e. The minimum atomic E-state index is -0.510. The van der Waals surface area contributed by atoms with Gasteiger partial charge in [-0.25, -0.2) is 4.79 Å². The van der Waals surface area contributed by atoms with Gasteiger partial charge in [-0.2, -0.15) is 5.26 Å². The number of nitrogens with one attached hydrogen (secondary N) is 1. The monoisotopic (exact) mass is 276 g/mol. The first-order valence-corrected chi connectivity index (χ1v) is 6.47. The molecule has 1 aromatic carbocycles. The van der Waals surface area contributed by atoms with Gasteiger partial charge in [0, 0.05) is 5.56 Å². The van der Waals surface area contributed by atoms with Gasteiger partial charge in [-0.15, -0.1) is 0 Å². The van der Waals surface area contributed by atoms with Gasteiger partial charge >= 0.3 is 6.09 Å². The van der Waals surface area contributed by atoms with Crippen LogP contribution in [-0.4, -0.2) is 24.8 Å². The lowest BCUT2D eigenvalue weighted by atomic mass is 10.1. The van der Waals surface area contributed by atoms with Crippen LogP contribution in [0.25, 0.3) is 0 Å². The first-order chi connectivity index (χ1) is 9.42. The summed E-state index contributed by atoms with van der Waals surface area (Å²) in [6.07, 6.45) is -0.165. The fourth-order valence-corrected chi connectivity index (χ4v) is 1.50. The fraction of sp³-hybridized carbons (Fsp3) is 0.467. The second kappa shape index (κ2) is 7.39. The van der Waals surface area contributed by atoms with Gasteiger partial charge in [0.25, 0.3) is 0 Å². The van der Waals surface area contributed by atoms with Crippen molar-refractivity contribution in [2.45, 2.75) is 32.8 Å². The van der Waals surface area contributed by atoms with E-state index in [9.17, 15) is 4.79 Å². The van der Waals surface area contributed by atoms with E-state index in [4.69, 9.17) is 14.7 Å². The van der Waals surface area contributed by atoms with Crippen LogP contribution in [0.5, 0.6) is 5.75 Å². The third kappa shape index (κ3) is 6.10. The summed E-state index contributed by atoms with van der Waals surface area (Å²) in [6, 6.07) is 9.45. The number of carbonyl (C=O) groups is 1. The molecule has 5 nitrogen and oxygen atoms in total. The summed E-state index contributed by atoms with van der Waals surface area (Å²) in [7, 11) is 0. The first kappa shape index (κ1) is 15.8. The second-order valence-electron chi connectivity index (χ2n) is 5.22. The summed E-state index contributed by atoms with van der Waals surface area (Å²) in [4.78, 5) is 11.4. The van der Waals surface area contributed by atoms with E-state index in [2.05, 4.69) is 11.4 Å². The summed E-state index contributed by atoms with van der Waals surface area (Å²) >= 11 is 0. The largest absolute Gasteiger partial charge is 0.491 e. The molecular formula is C15H20N2O3. The summed E-state index contributed by atoms with van der Waals surface area (Å²) in [6.45, 7) is 6.08. The summed E-state index contributed by atoms with van der Waals surface area (Å²) in [5.41, 5.74) is 0.330. The van der Waals surface area contributed by atoms with Crippen LogP contribution < -0.4 is 10.1 Å². The zero-order chi connectivity index (χ0) is 15.0. The number of nitriles is 1. The highest BCUT2D eigenvalue weighted by atomic mass is 16.6. The number of amides is 1. The lowest BCUT2D eigenvalue weighted by Gasteiger charge is -2.19. The number of benzene rings is 1. The molecule has 0 aliphatic rings. The molecule has 0 bridgehead atoms. The number of alkyl carbamates (subject to hydrolysis) is 1. The van der Waals surface area contributed by atoms with Gasteiger partial charge in [-0.3, -0.25) is 0 Å². The molecule has 0 atom stereocenters. The van der Waals surface area contributed by atoms with E-state index in [1.165, 1.54) is 0 Å². The molecule has 5 heteroatoms. The lowest BCUT2D eigenvalue weighted by molar-refractivity contribution is 0.0520. The van der Waals surface area contributed by atoms with Gasteiger partial charge < -0.3 is 14.8 Å². The van der Waals surface area contributed by atoms with Crippen molar-refractivity contribution in [3.63, 3.8) is 0 Å². The number of para-hydroxylation sites is 1. The van der Waals surface area contributed by atoms with Crippen molar-refractivity contribution < 1.29 is 14.3 Å². The molecule has 0 radical (unpaired) electrons. The molecular weight excluding hydrogens is 256 g/mol. The molecule has 0 spiro atoms. The van der Waals surface area contributed by atoms with Crippen LogP contribution in [0.2, 0.25) is 0 Å². The van der Waals surface area contributed by atoms with Gasteiger partial charge in [0.1, 0.15) is 18.0 Å². The van der Waals surface area contributed by atoms with Crippen molar-refractivity contribution in [1.29, 1.82) is 5.26 Å². The van der Waals surface area contributed by atoms with Crippen molar-refractivity contribution >= 4 is 6.09 Å². The van der Waals surface area contributed by atoms with Crippen LogP contribution in [-0.2, 0) is 11.2 Å². The van der Waals surface area contributed by atoms with Gasteiger partial charge in [0.15, 0.2) is 0 Å². The van der Waals surface area contributed by atoms with Crippen LogP contribution in [0.15, 0.2) is 24.3 Å². The molecule has 1 aromatic rings. The molecule has 1 N–H and O–H groups in total. The quantitative estimate of drug-likeness (QED) is 0.839. The lowest BCUT2D eigenvalue weighted by Crippen LogP contribution is -2.34. The number of ether oxygens (including phenoxy) is 2. The maximum Gasteiger partial charge on any atom is 0.407 e. The minimum absolute atomic E-state index is 0.301. The number of hydrogen-bond donors (Lipinski definition) is 1. The number of rotatable bonds is 5. The summed E-state index contributed by atoms with van der Waals surface area (Å²) in [5, 5.41) is 11.3. The third-order valence-corrected chi connectivity index (χ3v) is 2.27. The Morgan fingerprint density at radius 1 is 1.35 bits per heavy atom. The van der Waals surface area contributed by atoms with Crippen molar-refractivity contribution in [2.24, 2.45) is 0 Å². The Hall–Kier alpha value is -2.22. The average Bonchev–Trinajstić information content (AvgIpc) is 2.34. The van der Waals surface area contributed by atoms with Gasteiger partial charge in [0.2, 0.25) is 0 Å². The highest BCUT2D eigenvalue weighted by Crippen LogP contribution is 2.17. The zero-order valence-electron chi connectivity index (χ0n) is 12.1. The maximum atomic E-state index is 11.4. The van der Waals surface area contributed by atoms with E-state index < -0.39 is 11.7 Å². The molecule has 108 valence electrons. The number of hydrogen-bond acceptors (Lipinski definition) is 4. The second-order valence-corrected chi connectivity index (χ2v) is 5.22. The van der Waals surface area contributed by atoms with Crippen LogP contribution in [0.3, 0.4) is 0 Å². The van der Waals surface area contributed by atoms with Crippen molar-refractivity contribution in [3.8, 4) is 11.8 Å². The first-order valence-electron chi connectivity index (χ1n) is 6.47. The Labute approximate surface area is 119 Å². The molecule has 0 saturated heterocycles. The molecule has 0 heterocycles. The van der Waals surface area contributed by atoms with Gasteiger partial charge in [-0.05, 0) is 26.8 Å². The Balaban J connectivity index is 2.35. The Bertz CT molecular complexity index is 487. The van der Waals surface area contributed by atoms with Crippen molar-refractivity contribution in [3.05, 3.63) is 29.8 Å². The van der Waals surface area contributed by atoms with Crippen LogP contribution in [0, 0.1) is 11.3 Å². The van der Waals surface area contributed by atoms with Gasteiger partial charge in [-0.1, -0.05) is 18.2 Å². The molecule has 20 heavy (non-hydrogen) atoms. The van der Waals surface area contributed by atoms with E-state index in [1.54, 1.807) is 26.8 Å². The average molecular weight is 276 g/mol. The number of carbonyl (C=O) groups excluding carboxylic acids is 1. The molecule has 1 amide bonds. The van der Waals surface area contributed by atoms with E-state index in [0.717, 1.165) is 5.56 Å². The molecule has 0 saturated carbocycles. The molecule has 0 aromatic heterocycles. The van der Waals surface area contributed by atoms with Crippen molar-refractivity contribution in [2.75, 3.05) is 13.2 Å². The Morgan fingerprint density at radius 3 is 2.70 bits per heavy atom. The summed E-state index contributed by atoms with van der Waals surface area (Å²) in [5.74, 6) is 0.667. The molecule has 0 fully saturated rings. The molecule has 0 unspecified atom stereocenters. The van der Waals surface area contributed by atoms with Crippen LogP contribution in [0.1, 0.15) is 26.3 Å².